The van der Waals surface area contributed by atoms with Crippen LogP contribution in [0.2, 0.25) is 0 Å². The highest BCUT2D eigenvalue weighted by molar-refractivity contribution is 5.96. The molecule has 1 fully saturated rings. The highest BCUT2D eigenvalue weighted by atomic mass is 16.2. The van der Waals surface area contributed by atoms with Crippen LogP contribution in [0.1, 0.15) is 74.2 Å². The summed E-state index contributed by atoms with van der Waals surface area (Å²) in [6, 6.07) is 5.87. The molecule has 0 saturated carbocycles. The van der Waals surface area contributed by atoms with Gasteiger partial charge >= 0.3 is 0 Å². The van der Waals surface area contributed by atoms with Gasteiger partial charge in [-0.2, -0.15) is 0 Å². The summed E-state index contributed by atoms with van der Waals surface area (Å²) in [5, 5.41) is 2.97. The zero-order chi connectivity index (χ0) is 18.9. The lowest BCUT2D eigenvalue weighted by atomic mass is 10.0. The number of amides is 2. The number of rotatable bonds is 8. The fourth-order valence-corrected chi connectivity index (χ4v) is 3.50. The van der Waals surface area contributed by atoms with Crippen molar-refractivity contribution in [2.45, 2.75) is 71.3 Å². The molecule has 0 aromatic heterocycles. The Morgan fingerprint density at radius 2 is 1.96 bits per heavy atom. The molecule has 0 bridgehead atoms. The first-order chi connectivity index (χ1) is 12.5. The maximum atomic E-state index is 12.8. The van der Waals surface area contributed by atoms with Crippen LogP contribution in [0.25, 0.3) is 0 Å². The molecule has 5 heteroatoms. The summed E-state index contributed by atoms with van der Waals surface area (Å²) in [5.41, 5.74) is 7.90. The molecule has 1 aromatic rings. The van der Waals surface area contributed by atoms with Crippen LogP contribution in [0.3, 0.4) is 0 Å². The third-order valence-electron chi connectivity index (χ3n) is 5.17. The Bertz CT molecular complexity index is 615. The molecule has 0 radical (unpaired) electrons. The van der Waals surface area contributed by atoms with E-state index in [4.69, 9.17) is 5.73 Å². The molecular weight excluding hydrogens is 326 g/mol. The van der Waals surface area contributed by atoms with Gasteiger partial charge in [0.25, 0.3) is 5.91 Å². The van der Waals surface area contributed by atoms with Crippen LogP contribution in [-0.2, 0) is 4.79 Å². The van der Waals surface area contributed by atoms with E-state index in [1.165, 1.54) is 6.42 Å². The minimum Gasteiger partial charge on any atom is -0.336 e. The number of aryl methyl sites for hydroxylation is 1. The molecule has 1 aliphatic heterocycles. The first kappa shape index (κ1) is 20.4. The predicted molar refractivity (Wildman–Crippen MR) is 106 cm³/mol. The third kappa shape index (κ3) is 5.84. The number of likely N-dealkylation sites (tertiary alicyclic amines) is 1. The molecule has 1 aromatic carbocycles. The minimum absolute atomic E-state index is 0.0320. The van der Waals surface area contributed by atoms with E-state index in [0.717, 1.165) is 56.3 Å². The first-order valence-corrected chi connectivity index (χ1v) is 9.94. The second-order valence-corrected chi connectivity index (χ2v) is 7.37. The van der Waals surface area contributed by atoms with Crippen LogP contribution in [0.5, 0.6) is 0 Å². The molecule has 1 saturated heterocycles. The number of anilines is 1. The average molecular weight is 360 g/mol. The zero-order valence-electron chi connectivity index (χ0n) is 16.2. The first-order valence-electron chi connectivity index (χ1n) is 9.94. The van der Waals surface area contributed by atoms with Crippen LogP contribution in [0, 0.1) is 6.92 Å². The molecule has 1 unspecified atom stereocenters. The number of nitrogens with two attached hydrogens (primary N) is 1. The Balaban J connectivity index is 1.90. The third-order valence-corrected chi connectivity index (χ3v) is 5.17. The lowest BCUT2D eigenvalue weighted by Crippen LogP contribution is -2.42. The van der Waals surface area contributed by atoms with Crippen molar-refractivity contribution in [2.24, 2.45) is 5.73 Å². The fraction of sp³-hybridized carbons (Fsp3) is 0.619. The van der Waals surface area contributed by atoms with Crippen molar-refractivity contribution >= 4 is 17.5 Å². The number of unbranched alkanes of at least 4 members (excludes halogenated alkanes) is 3. The quantitative estimate of drug-likeness (QED) is 0.692. The summed E-state index contributed by atoms with van der Waals surface area (Å²) in [6.07, 6.45) is 7.88. The standard InChI is InChI=1S/C21H33N3O2/c1-16-15-18(21(26)24-14-8-6-9-17(24)2)11-12-19(16)23-20(25)10-5-3-4-7-13-22/h11-12,15,17H,3-10,13-14,22H2,1-2H3,(H,23,25). The Morgan fingerprint density at radius 3 is 2.65 bits per heavy atom. The molecule has 2 amide bonds. The van der Waals surface area contributed by atoms with Crippen LogP contribution in [-0.4, -0.2) is 35.8 Å². The topological polar surface area (TPSA) is 75.4 Å². The molecular formula is C21H33N3O2. The van der Waals surface area contributed by atoms with E-state index in [0.29, 0.717) is 24.6 Å². The average Bonchev–Trinajstić information content (AvgIpc) is 2.63. The normalized spacial score (nSPS) is 17.2. The Hall–Kier alpha value is -1.88. The molecule has 1 atom stereocenters. The fourth-order valence-electron chi connectivity index (χ4n) is 3.50. The Morgan fingerprint density at radius 1 is 1.19 bits per heavy atom. The van der Waals surface area contributed by atoms with E-state index < -0.39 is 0 Å². The highest BCUT2D eigenvalue weighted by Crippen LogP contribution is 2.22. The minimum atomic E-state index is 0.0320. The van der Waals surface area contributed by atoms with Gasteiger partial charge in [-0.25, -0.2) is 0 Å². The molecule has 3 N–H and O–H groups in total. The summed E-state index contributed by atoms with van der Waals surface area (Å²) in [7, 11) is 0. The number of hydrogen-bond donors (Lipinski definition) is 2. The van der Waals surface area contributed by atoms with Crippen LogP contribution in [0.15, 0.2) is 18.2 Å². The molecule has 5 nitrogen and oxygen atoms in total. The molecule has 144 valence electrons. The highest BCUT2D eigenvalue weighted by Gasteiger charge is 2.24. The van der Waals surface area contributed by atoms with Gasteiger partial charge in [0.15, 0.2) is 0 Å². The van der Waals surface area contributed by atoms with Gasteiger partial charge < -0.3 is 16.0 Å². The van der Waals surface area contributed by atoms with Gasteiger partial charge in [-0.3, -0.25) is 9.59 Å². The summed E-state index contributed by atoms with van der Waals surface area (Å²) < 4.78 is 0. The smallest absolute Gasteiger partial charge is 0.254 e. The van der Waals surface area contributed by atoms with Gasteiger partial charge in [0.05, 0.1) is 0 Å². The summed E-state index contributed by atoms with van der Waals surface area (Å²) in [6.45, 7) is 5.60. The molecule has 1 heterocycles. The van der Waals surface area contributed by atoms with E-state index in [2.05, 4.69) is 12.2 Å². The van der Waals surface area contributed by atoms with Crippen molar-refractivity contribution in [1.29, 1.82) is 0 Å². The monoisotopic (exact) mass is 359 g/mol. The van der Waals surface area contributed by atoms with E-state index in [-0.39, 0.29) is 11.8 Å². The second kappa shape index (κ2) is 10.3. The molecule has 0 aliphatic carbocycles. The van der Waals surface area contributed by atoms with Crippen molar-refractivity contribution in [3.63, 3.8) is 0 Å². The second-order valence-electron chi connectivity index (χ2n) is 7.37. The number of hydrogen-bond acceptors (Lipinski definition) is 3. The SMILES string of the molecule is Cc1cc(C(=O)N2CCCCC2C)ccc1NC(=O)CCCCCCN. The lowest BCUT2D eigenvalue weighted by molar-refractivity contribution is -0.116. The molecule has 2 rings (SSSR count). The van der Waals surface area contributed by atoms with Crippen molar-refractivity contribution < 1.29 is 9.59 Å². The molecule has 0 spiro atoms. The summed E-state index contributed by atoms with van der Waals surface area (Å²) in [4.78, 5) is 26.8. The maximum Gasteiger partial charge on any atom is 0.254 e. The molecule has 1 aliphatic rings. The predicted octanol–water partition coefficient (Wildman–Crippen LogP) is 3.86. The van der Waals surface area contributed by atoms with Crippen LogP contribution in [0.4, 0.5) is 5.69 Å². The largest absolute Gasteiger partial charge is 0.336 e. The number of carbonyl (C=O) groups excluding carboxylic acids is 2. The number of benzene rings is 1. The van der Waals surface area contributed by atoms with Crippen molar-refractivity contribution in [1.82, 2.24) is 4.90 Å². The lowest BCUT2D eigenvalue weighted by Gasteiger charge is -2.33. The van der Waals surface area contributed by atoms with Crippen LogP contribution < -0.4 is 11.1 Å². The number of piperidine rings is 1. The molecule has 26 heavy (non-hydrogen) atoms. The van der Waals surface area contributed by atoms with Gasteiger partial charge in [0.1, 0.15) is 0 Å². The Labute approximate surface area is 157 Å². The van der Waals surface area contributed by atoms with E-state index in [1.807, 2.05) is 30.0 Å². The van der Waals surface area contributed by atoms with Gasteiger partial charge in [-0.15, -0.1) is 0 Å². The van der Waals surface area contributed by atoms with Gasteiger partial charge in [0, 0.05) is 30.3 Å². The summed E-state index contributed by atoms with van der Waals surface area (Å²) >= 11 is 0. The maximum absolute atomic E-state index is 12.8. The van der Waals surface area contributed by atoms with E-state index in [9.17, 15) is 9.59 Å². The number of nitrogens with one attached hydrogen (secondary N) is 1. The number of nitrogens with zero attached hydrogens (tertiary/aromatic N) is 1. The zero-order valence-corrected chi connectivity index (χ0v) is 16.2. The summed E-state index contributed by atoms with van der Waals surface area (Å²) in [5.74, 6) is 0.127. The van der Waals surface area contributed by atoms with E-state index >= 15 is 0 Å². The van der Waals surface area contributed by atoms with Crippen molar-refractivity contribution in [2.75, 3.05) is 18.4 Å². The van der Waals surface area contributed by atoms with Gasteiger partial charge in [-0.05, 0) is 76.3 Å². The van der Waals surface area contributed by atoms with Gasteiger partial charge in [-0.1, -0.05) is 12.8 Å². The van der Waals surface area contributed by atoms with Crippen molar-refractivity contribution in [3.05, 3.63) is 29.3 Å². The Kier molecular flexibility index (Phi) is 8.10. The van der Waals surface area contributed by atoms with Crippen LogP contribution >= 0.6 is 0 Å². The van der Waals surface area contributed by atoms with E-state index in [1.54, 1.807) is 0 Å². The van der Waals surface area contributed by atoms with Crippen molar-refractivity contribution in [3.8, 4) is 0 Å². The van der Waals surface area contributed by atoms with Gasteiger partial charge in [0.2, 0.25) is 5.91 Å². The number of carbonyl (C=O) groups is 2.